The van der Waals surface area contributed by atoms with Gasteiger partial charge in [0.1, 0.15) is 18.0 Å². The number of amides is 1. The number of carboxylic acid groups (broad SMARTS) is 1. The van der Waals surface area contributed by atoms with Crippen molar-refractivity contribution in [3.8, 4) is 5.75 Å². The fourth-order valence-corrected chi connectivity index (χ4v) is 1.87. The molecule has 0 unspecified atom stereocenters. The predicted molar refractivity (Wildman–Crippen MR) is 80.8 cm³/mol. The van der Waals surface area contributed by atoms with Crippen LogP contribution in [0.3, 0.4) is 0 Å². The lowest BCUT2D eigenvalue weighted by molar-refractivity contribution is 0.0519. The van der Waals surface area contributed by atoms with Crippen LogP contribution in [0.15, 0.2) is 22.7 Å². The number of ether oxygens (including phenoxy) is 2. The molecule has 0 fully saturated rings. The zero-order valence-electron chi connectivity index (χ0n) is 12.1. The zero-order chi connectivity index (χ0) is 16.0. The van der Waals surface area contributed by atoms with E-state index in [1.54, 1.807) is 26.8 Å². The van der Waals surface area contributed by atoms with Crippen molar-refractivity contribution in [1.29, 1.82) is 0 Å². The molecule has 116 valence electrons. The number of aromatic carboxylic acids is 1. The quantitative estimate of drug-likeness (QED) is 0.789. The van der Waals surface area contributed by atoms with Gasteiger partial charge in [0, 0.05) is 0 Å². The van der Waals surface area contributed by atoms with E-state index < -0.39 is 17.7 Å². The van der Waals surface area contributed by atoms with Gasteiger partial charge in [0.05, 0.1) is 16.6 Å². The summed E-state index contributed by atoms with van der Waals surface area (Å²) in [6.45, 7) is 5.87. The molecule has 1 amide bonds. The van der Waals surface area contributed by atoms with E-state index in [0.29, 0.717) is 10.2 Å². The first-order chi connectivity index (χ1) is 9.69. The van der Waals surface area contributed by atoms with E-state index in [1.807, 2.05) is 0 Å². The highest BCUT2D eigenvalue weighted by molar-refractivity contribution is 9.10. The van der Waals surface area contributed by atoms with Crippen molar-refractivity contribution in [1.82, 2.24) is 5.32 Å². The second-order valence-corrected chi connectivity index (χ2v) is 6.08. The van der Waals surface area contributed by atoms with Gasteiger partial charge in [-0.2, -0.15) is 0 Å². The van der Waals surface area contributed by atoms with Crippen molar-refractivity contribution >= 4 is 28.0 Å². The molecule has 0 spiro atoms. The Morgan fingerprint density at radius 1 is 1.33 bits per heavy atom. The summed E-state index contributed by atoms with van der Waals surface area (Å²) in [6, 6.07) is 4.46. The molecule has 0 aliphatic carbocycles. The van der Waals surface area contributed by atoms with E-state index in [2.05, 4.69) is 21.2 Å². The average Bonchev–Trinajstić information content (AvgIpc) is 2.33. The highest BCUT2D eigenvalue weighted by Gasteiger charge is 2.15. The highest BCUT2D eigenvalue weighted by Crippen LogP contribution is 2.25. The summed E-state index contributed by atoms with van der Waals surface area (Å²) in [5.74, 6) is -0.500. The number of benzene rings is 1. The summed E-state index contributed by atoms with van der Waals surface area (Å²) >= 11 is 3.24. The number of carbonyl (C=O) groups excluding carboxylic acids is 1. The Bertz CT molecular complexity index is 525. The molecule has 0 aliphatic heterocycles. The lowest BCUT2D eigenvalue weighted by Gasteiger charge is -2.19. The van der Waals surface area contributed by atoms with Crippen LogP contribution < -0.4 is 10.1 Å². The Morgan fingerprint density at radius 3 is 2.52 bits per heavy atom. The molecule has 21 heavy (non-hydrogen) atoms. The number of nitrogens with one attached hydrogen (secondary N) is 1. The maximum absolute atomic E-state index is 11.4. The third-order valence-corrected chi connectivity index (χ3v) is 2.83. The van der Waals surface area contributed by atoms with Crippen molar-refractivity contribution in [3.05, 3.63) is 28.2 Å². The van der Waals surface area contributed by atoms with Crippen LogP contribution in [-0.2, 0) is 4.74 Å². The molecule has 7 heteroatoms. The Balaban J connectivity index is 2.40. The molecule has 0 heterocycles. The second-order valence-electron chi connectivity index (χ2n) is 5.23. The Hall–Kier alpha value is -1.76. The molecule has 1 rings (SSSR count). The molecular weight excluding hydrogens is 342 g/mol. The first-order valence-corrected chi connectivity index (χ1v) is 7.11. The topological polar surface area (TPSA) is 84.9 Å². The summed E-state index contributed by atoms with van der Waals surface area (Å²) in [7, 11) is 0. The first kappa shape index (κ1) is 17.3. The Labute approximate surface area is 131 Å². The van der Waals surface area contributed by atoms with Crippen LogP contribution in [0.1, 0.15) is 31.1 Å². The summed E-state index contributed by atoms with van der Waals surface area (Å²) in [5, 5.41) is 11.4. The lowest BCUT2D eigenvalue weighted by Crippen LogP contribution is -2.34. The SMILES string of the molecule is CC(C)(C)OC(=O)NCCOc1ccc(C(=O)O)cc1Br. The largest absolute Gasteiger partial charge is 0.491 e. The number of halogens is 1. The minimum Gasteiger partial charge on any atom is -0.491 e. The molecule has 0 aliphatic rings. The number of rotatable bonds is 5. The van der Waals surface area contributed by atoms with Crippen LogP contribution in [0.5, 0.6) is 5.75 Å². The van der Waals surface area contributed by atoms with Crippen LogP contribution in [0, 0.1) is 0 Å². The van der Waals surface area contributed by atoms with E-state index in [-0.39, 0.29) is 18.7 Å². The summed E-state index contributed by atoms with van der Waals surface area (Å²) < 4.78 is 11.1. The zero-order valence-corrected chi connectivity index (χ0v) is 13.7. The monoisotopic (exact) mass is 359 g/mol. The molecule has 0 radical (unpaired) electrons. The highest BCUT2D eigenvalue weighted by atomic mass is 79.9. The normalized spacial score (nSPS) is 10.9. The van der Waals surface area contributed by atoms with Gasteiger partial charge in [0.25, 0.3) is 0 Å². The second kappa shape index (κ2) is 7.31. The molecule has 0 atom stereocenters. The maximum atomic E-state index is 11.4. The van der Waals surface area contributed by atoms with Gasteiger partial charge in [0.15, 0.2) is 0 Å². The summed E-state index contributed by atoms with van der Waals surface area (Å²) in [4.78, 5) is 22.2. The van der Waals surface area contributed by atoms with Crippen molar-refractivity contribution in [2.45, 2.75) is 26.4 Å². The van der Waals surface area contributed by atoms with E-state index in [0.717, 1.165) is 0 Å². The van der Waals surface area contributed by atoms with Gasteiger partial charge in [-0.05, 0) is 54.9 Å². The Kier molecular flexibility index (Phi) is 6.02. The number of hydrogen-bond acceptors (Lipinski definition) is 4. The summed E-state index contributed by atoms with van der Waals surface area (Å²) in [6.07, 6.45) is -0.508. The maximum Gasteiger partial charge on any atom is 0.407 e. The third kappa shape index (κ3) is 6.48. The van der Waals surface area contributed by atoms with E-state index in [4.69, 9.17) is 14.6 Å². The number of carboxylic acids is 1. The standard InChI is InChI=1S/C14H18BrNO5/c1-14(2,3)21-13(19)16-6-7-20-11-5-4-9(12(17)18)8-10(11)15/h4-5,8H,6-7H2,1-3H3,(H,16,19)(H,17,18). The fourth-order valence-electron chi connectivity index (χ4n) is 1.38. The van der Waals surface area contributed by atoms with Crippen LogP contribution in [0.2, 0.25) is 0 Å². The fraction of sp³-hybridized carbons (Fsp3) is 0.429. The van der Waals surface area contributed by atoms with Crippen molar-refractivity contribution < 1.29 is 24.2 Å². The number of carbonyl (C=O) groups is 2. The molecule has 6 nitrogen and oxygen atoms in total. The van der Waals surface area contributed by atoms with Crippen LogP contribution in [0.4, 0.5) is 4.79 Å². The van der Waals surface area contributed by atoms with Crippen molar-refractivity contribution in [2.24, 2.45) is 0 Å². The van der Waals surface area contributed by atoms with Gasteiger partial charge in [-0.1, -0.05) is 0 Å². The molecule has 0 bridgehead atoms. The van der Waals surface area contributed by atoms with E-state index in [9.17, 15) is 9.59 Å². The summed E-state index contributed by atoms with van der Waals surface area (Å²) in [5.41, 5.74) is -0.373. The minimum absolute atomic E-state index is 0.168. The number of alkyl carbamates (subject to hydrolysis) is 1. The third-order valence-electron chi connectivity index (χ3n) is 2.21. The van der Waals surface area contributed by atoms with Gasteiger partial charge >= 0.3 is 12.1 Å². The van der Waals surface area contributed by atoms with Crippen LogP contribution >= 0.6 is 15.9 Å². The molecule has 2 N–H and O–H groups in total. The van der Waals surface area contributed by atoms with Gasteiger partial charge in [0.2, 0.25) is 0 Å². The van der Waals surface area contributed by atoms with E-state index in [1.165, 1.54) is 12.1 Å². The van der Waals surface area contributed by atoms with Gasteiger partial charge in [-0.3, -0.25) is 0 Å². The first-order valence-electron chi connectivity index (χ1n) is 6.31. The van der Waals surface area contributed by atoms with Crippen molar-refractivity contribution in [3.63, 3.8) is 0 Å². The van der Waals surface area contributed by atoms with Gasteiger partial charge in [-0.25, -0.2) is 9.59 Å². The smallest absolute Gasteiger partial charge is 0.407 e. The minimum atomic E-state index is -1.01. The average molecular weight is 360 g/mol. The Morgan fingerprint density at radius 2 is 2.00 bits per heavy atom. The van der Waals surface area contributed by atoms with E-state index >= 15 is 0 Å². The van der Waals surface area contributed by atoms with Gasteiger partial charge < -0.3 is 19.9 Å². The molecule has 1 aromatic carbocycles. The molecule has 1 aromatic rings. The van der Waals surface area contributed by atoms with Crippen LogP contribution in [0.25, 0.3) is 0 Å². The van der Waals surface area contributed by atoms with Gasteiger partial charge in [-0.15, -0.1) is 0 Å². The molecule has 0 saturated heterocycles. The lowest BCUT2D eigenvalue weighted by atomic mass is 10.2. The predicted octanol–water partition coefficient (Wildman–Crippen LogP) is 3.05. The number of hydrogen-bond donors (Lipinski definition) is 2. The van der Waals surface area contributed by atoms with Crippen LogP contribution in [-0.4, -0.2) is 35.9 Å². The molecule has 0 aromatic heterocycles. The van der Waals surface area contributed by atoms with Crippen molar-refractivity contribution in [2.75, 3.05) is 13.2 Å². The molecule has 0 saturated carbocycles. The molecular formula is C14H18BrNO5.